The van der Waals surface area contributed by atoms with Crippen LogP contribution in [0, 0.1) is 11.7 Å². The summed E-state index contributed by atoms with van der Waals surface area (Å²) in [6.45, 7) is 1.13. The lowest BCUT2D eigenvalue weighted by Gasteiger charge is -2.33. The molecule has 26 heavy (non-hydrogen) atoms. The van der Waals surface area contributed by atoms with Crippen molar-refractivity contribution >= 4 is 5.91 Å². The van der Waals surface area contributed by atoms with Gasteiger partial charge in [0.15, 0.2) is 5.76 Å². The van der Waals surface area contributed by atoms with Crippen molar-refractivity contribution in [1.82, 2.24) is 16.2 Å². The second-order valence-electron chi connectivity index (χ2n) is 6.83. The van der Waals surface area contributed by atoms with Gasteiger partial charge in [-0.25, -0.2) is 4.39 Å². The molecule has 7 heteroatoms. The second kappa shape index (κ2) is 7.47. The van der Waals surface area contributed by atoms with Crippen LogP contribution in [0.5, 0.6) is 5.75 Å². The number of halogens is 1. The lowest BCUT2D eigenvalue weighted by atomic mass is 9.82. The van der Waals surface area contributed by atoms with E-state index in [-0.39, 0.29) is 36.2 Å². The van der Waals surface area contributed by atoms with E-state index in [4.69, 9.17) is 9.15 Å². The van der Waals surface area contributed by atoms with Gasteiger partial charge in [-0.1, -0.05) is 6.42 Å². The maximum Gasteiger partial charge on any atom is 0.287 e. The molecule has 2 fully saturated rings. The van der Waals surface area contributed by atoms with Crippen LogP contribution in [0.1, 0.15) is 35.6 Å². The van der Waals surface area contributed by atoms with Gasteiger partial charge in [-0.2, -0.15) is 0 Å². The molecule has 0 spiro atoms. The van der Waals surface area contributed by atoms with Gasteiger partial charge in [-0.3, -0.25) is 15.6 Å². The normalized spacial score (nSPS) is 24.9. The van der Waals surface area contributed by atoms with E-state index >= 15 is 0 Å². The van der Waals surface area contributed by atoms with Crippen LogP contribution in [0.15, 0.2) is 40.8 Å². The molecule has 1 saturated heterocycles. The van der Waals surface area contributed by atoms with E-state index in [1.807, 2.05) is 0 Å². The number of fused-ring (bicyclic) bond motifs is 1. The molecule has 3 unspecified atom stereocenters. The number of hydrazine groups is 1. The Morgan fingerprint density at radius 1 is 1.23 bits per heavy atom. The van der Waals surface area contributed by atoms with Crippen LogP contribution in [-0.4, -0.2) is 24.5 Å². The van der Waals surface area contributed by atoms with E-state index in [1.54, 1.807) is 24.3 Å². The fourth-order valence-electron chi connectivity index (χ4n) is 3.71. The Hall–Kier alpha value is -2.38. The Morgan fingerprint density at radius 3 is 2.92 bits per heavy atom. The number of amides is 1. The minimum absolute atomic E-state index is 0.0975. The van der Waals surface area contributed by atoms with E-state index in [0.717, 1.165) is 19.4 Å². The first-order valence-electron chi connectivity index (χ1n) is 8.95. The monoisotopic (exact) mass is 359 g/mol. The molecule has 138 valence electrons. The molecule has 1 aliphatic carbocycles. The summed E-state index contributed by atoms with van der Waals surface area (Å²) in [6.07, 6.45) is 3.26. The predicted molar refractivity (Wildman–Crippen MR) is 93.0 cm³/mol. The molecule has 2 aliphatic rings. The number of rotatable bonds is 5. The van der Waals surface area contributed by atoms with Gasteiger partial charge in [0.25, 0.3) is 5.91 Å². The lowest BCUT2D eigenvalue weighted by molar-refractivity contribution is 0.0877. The number of ether oxygens (including phenoxy) is 1. The maximum absolute atomic E-state index is 12.9. The van der Waals surface area contributed by atoms with Crippen LogP contribution in [0.25, 0.3) is 0 Å². The highest BCUT2D eigenvalue weighted by Crippen LogP contribution is 2.27. The number of carbonyl (C=O) groups is 1. The quantitative estimate of drug-likeness (QED) is 0.764. The van der Waals surface area contributed by atoms with Gasteiger partial charge in [0.05, 0.1) is 0 Å². The highest BCUT2D eigenvalue weighted by atomic mass is 19.1. The van der Waals surface area contributed by atoms with Gasteiger partial charge in [0, 0.05) is 18.6 Å². The van der Waals surface area contributed by atoms with Crippen LogP contribution in [0.3, 0.4) is 0 Å². The standard InChI is InChI=1S/C19H22FN3O3/c20-13-4-6-14(7-5-13)25-11-15-8-9-17(26-15)19(24)22-16-3-1-2-12-10-21-23-18(12)16/h4-9,12,16,18,21,23H,1-3,10-11H2,(H,22,24). The minimum Gasteiger partial charge on any atom is -0.486 e. The Balaban J connectivity index is 1.33. The summed E-state index contributed by atoms with van der Waals surface area (Å²) in [4.78, 5) is 12.5. The van der Waals surface area contributed by atoms with Crippen LogP contribution in [-0.2, 0) is 6.61 Å². The third-order valence-electron chi connectivity index (χ3n) is 5.06. The smallest absolute Gasteiger partial charge is 0.287 e. The van der Waals surface area contributed by atoms with Crippen LogP contribution >= 0.6 is 0 Å². The van der Waals surface area contributed by atoms with E-state index < -0.39 is 0 Å². The topological polar surface area (TPSA) is 75.5 Å². The molecule has 3 N–H and O–H groups in total. The number of nitrogens with one attached hydrogen (secondary N) is 3. The molecule has 2 aromatic rings. The van der Waals surface area contributed by atoms with Crippen molar-refractivity contribution in [2.45, 2.75) is 38.0 Å². The van der Waals surface area contributed by atoms with Gasteiger partial charge in [0.1, 0.15) is 23.9 Å². The molecule has 1 aromatic carbocycles. The molecule has 1 saturated carbocycles. The van der Waals surface area contributed by atoms with Crippen molar-refractivity contribution in [2.24, 2.45) is 5.92 Å². The zero-order chi connectivity index (χ0) is 17.9. The molecular formula is C19H22FN3O3. The van der Waals surface area contributed by atoms with E-state index in [2.05, 4.69) is 16.2 Å². The summed E-state index contributed by atoms with van der Waals surface area (Å²) in [5.41, 5.74) is 6.45. The molecule has 4 rings (SSSR count). The minimum atomic E-state index is -0.314. The Bertz CT molecular complexity index is 762. The van der Waals surface area contributed by atoms with Crippen molar-refractivity contribution in [1.29, 1.82) is 0 Å². The van der Waals surface area contributed by atoms with Crippen molar-refractivity contribution < 1.29 is 18.3 Å². The third kappa shape index (κ3) is 3.73. The summed E-state index contributed by atoms with van der Waals surface area (Å²) in [5, 5.41) is 3.08. The highest BCUT2D eigenvalue weighted by Gasteiger charge is 2.37. The van der Waals surface area contributed by atoms with Crippen molar-refractivity contribution in [2.75, 3.05) is 6.54 Å². The van der Waals surface area contributed by atoms with Gasteiger partial charge < -0.3 is 14.5 Å². The van der Waals surface area contributed by atoms with E-state index in [9.17, 15) is 9.18 Å². The number of benzene rings is 1. The number of carbonyl (C=O) groups excluding carboxylic acids is 1. The van der Waals surface area contributed by atoms with Crippen molar-refractivity contribution in [3.05, 3.63) is 53.7 Å². The third-order valence-corrected chi connectivity index (χ3v) is 5.06. The van der Waals surface area contributed by atoms with Crippen LogP contribution < -0.4 is 20.9 Å². The first-order chi connectivity index (χ1) is 12.7. The van der Waals surface area contributed by atoms with Gasteiger partial charge >= 0.3 is 0 Å². The van der Waals surface area contributed by atoms with Gasteiger partial charge in [-0.05, 0) is 55.2 Å². The summed E-state index contributed by atoms with van der Waals surface area (Å²) in [6, 6.07) is 9.50. The fraction of sp³-hybridized carbons (Fsp3) is 0.421. The number of furan rings is 1. The summed E-state index contributed by atoms with van der Waals surface area (Å²) in [5.74, 6) is 1.40. The predicted octanol–water partition coefficient (Wildman–Crippen LogP) is 2.37. The van der Waals surface area contributed by atoms with E-state index in [0.29, 0.717) is 17.4 Å². The Morgan fingerprint density at radius 2 is 2.08 bits per heavy atom. The molecular weight excluding hydrogens is 337 g/mol. The zero-order valence-corrected chi connectivity index (χ0v) is 14.3. The number of hydrogen-bond donors (Lipinski definition) is 3. The summed E-state index contributed by atoms with van der Waals surface area (Å²) < 4.78 is 24.0. The molecule has 0 radical (unpaired) electrons. The Kier molecular flexibility index (Phi) is 4.90. The molecule has 6 nitrogen and oxygen atoms in total. The Labute approximate surface area is 151 Å². The lowest BCUT2D eigenvalue weighted by Crippen LogP contribution is -2.52. The van der Waals surface area contributed by atoms with Gasteiger partial charge in [-0.15, -0.1) is 0 Å². The summed E-state index contributed by atoms with van der Waals surface area (Å²) in [7, 11) is 0. The molecule has 3 atom stereocenters. The van der Waals surface area contributed by atoms with Gasteiger partial charge in [0.2, 0.25) is 0 Å². The molecule has 1 aliphatic heterocycles. The van der Waals surface area contributed by atoms with Crippen LogP contribution in [0.4, 0.5) is 4.39 Å². The van der Waals surface area contributed by atoms with E-state index in [1.165, 1.54) is 18.6 Å². The fourth-order valence-corrected chi connectivity index (χ4v) is 3.71. The molecule has 0 bridgehead atoms. The molecule has 1 amide bonds. The van der Waals surface area contributed by atoms with Crippen molar-refractivity contribution in [3.63, 3.8) is 0 Å². The molecule has 1 aromatic heterocycles. The highest BCUT2D eigenvalue weighted by molar-refractivity contribution is 5.91. The maximum atomic E-state index is 12.9. The average Bonchev–Trinajstić information content (AvgIpc) is 3.31. The zero-order valence-electron chi connectivity index (χ0n) is 14.3. The SMILES string of the molecule is O=C(NC1CCCC2CNNC21)c1ccc(COc2ccc(F)cc2)o1. The largest absolute Gasteiger partial charge is 0.486 e. The van der Waals surface area contributed by atoms with Crippen LogP contribution in [0.2, 0.25) is 0 Å². The second-order valence-corrected chi connectivity index (χ2v) is 6.83. The first-order valence-corrected chi connectivity index (χ1v) is 8.95. The van der Waals surface area contributed by atoms with Crippen molar-refractivity contribution in [3.8, 4) is 5.75 Å². The molecule has 2 heterocycles. The summed E-state index contributed by atoms with van der Waals surface area (Å²) >= 11 is 0. The first kappa shape index (κ1) is 17.1. The number of hydrogen-bond acceptors (Lipinski definition) is 5. The average molecular weight is 359 g/mol.